The third-order valence-electron chi connectivity index (χ3n) is 3.91. The highest BCUT2D eigenvalue weighted by atomic mass is 32.2. The molecule has 5 heteroatoms. The number of carbonyl (C=O) groups is 1. The highest BCUT2D eigenvalue weighted by Gasteiger charge is 2.12. The molecule has 0 aliphatic carbocycles. The summed E-state index contributed by atoms with van der Waals surface area (Å²) in [5.74, 6) is 1.54. The fourth-order valence-corrected chi connectivity index (χ4v) is 3.39. The Kier molecular flexibility index (Phi) is 6.88. The van der Waals surface area contributed by atoms with E-state index in [-0.39, 0.29) is 11.7 Å². The number of rotatable bonds is 8. The van der Waals surface area contributed by atoms with Crippen molar-refractivity contribution in [3.05, 3.63) is 95.7 Å². The summed E-state index contributed by atoms with van der Waals surface area (Å²) in [5, 5.41) is 2.93. The molecule has 0 spiro atoms. The summed E-state index contributed by atoms with van der Waals surface area (Å²) in [7, 11) is 0. The second-order valence-electron chi connectivity index (χ2n) is 5.84. The van der Waals surface area contributed by atoms with Crippen LogP contribution < -0.4 is 5.32 Å². The third kappa shape index (κ3) is 5.59. The highest BCUT2D eigenvalue weighted by Crippen LogP contribution is 2.19. The van der Waals surface area contributed by atoms with Crippen LogP contribution in [-0.2, 0) is 10.5 Å². The predicted octanol–water partition coefficient (Wildman–Crippen LogP) is 5.01. The lowest BCUT2D eigenvalue weighted by Crippen LogP contribution is -2.26. The van der Waals surface area contributed by atoms with Crippen LogP contribution in [0, 0.1) is 5.82 Å². The van der Waals surface area contributed by atoms with Gasteiger partial charge in [0, 0.05) is 18.1 Å². The van der Waals surface area contributed by atoms with Gasteiger partial charge in [-0.05, 0) is 35.4 Å². The van der Waals surface area contributed by atoms with Crippen molar-refractivity contribution < 1.29 is 13.6 Å². The Balaban J connectivity index is 1.56. The van der Waals surface area contributed by atoms with Crippen molar-refractivity contribution in [1.82, 2.24) is 5.32 Å². The second-order valence-corrected chi connectivity index (χ2v) is 6.94. The molecule has 27 heavy (non-hydrogen) atoms. The first-order valence-electron chi connectivity index (χ1n) is 8.64. The summed E-state index contributed by atoms with van der Waals surface area (Å²) in [6, 6.07) is 19.8. The van der Waals surface area contributed by atoms with Gasteiger partial charge < -0.3 is 9.73 Å². The first kappa shape index (κ1) is 19.0. The molecule has 1 aromatic heterocycles. The van der Waals surface area contributed by atoms with Crippen molar-refractivity contribution in [1.29, 1.82) is 0 Å². The Hall–Kier alpha value is -2.79. The zero-order chi connectivity index (χ0) is 18.9. The zero-order valence-electron chi connectivity index (χ0n) is 14.7. The van der Waals surface area contributed by atoms with E-state index in [1.165, 1.54) is 6.07 Å². The Morgan fingerprint density at radius 3 is 2.56 bits per heavy atom. The van der Waals surface area contributed by atoms with Crippen LogP contribution >= 0.6 is 11.8 Å². The maximum absolute atomic E-state index is 13.6. The van der Waals surface area contributed by atoms with Gasteiger partial charge in [-0.15, -0.1) is 0 Å². The lowest BCUT2D eigenvalue weighted by Gasteiger charge is -2.09. The third-order valence-corrected chi connectivity index (χ3v) is 4.91. The Morgan fingerprint density at radius 2 is 1.81 bits per heavy atom. The molecule has 1 heterocycles. The Bertz CT molecular complexity index is 892. The summed E-state index contributed by atoms with van der Waals surface area (Å²) in [5.41, 5.74) is 2.05. The molecular weight excluding hydrogens is 361 g/mol. The van der Waals surface area contributed by atoms with Crippen LogP contribution in [0.25, 0.3) is 11.6 Å². The molecule has 0 aliphatic heterocycles. The van der Waals surface area contributed by atoms with Crippen LogP contribution in [0.4, 0.5) is 4.39 Å². The molecule has 0 saturated heterocycles. The summed E-state index contributed by atoms with van der Waals surface area (Å²) < 4.78 is 18.9. The Labute approximate surface area is 162 Å². The van der Waals surface area contributed by atoms with Crippen molar-refractivity contribution >= 4 is 29.3 Å². The van der Waals surface area contributed by atoms with E-state index in [4.69, 9.17) is 4.42 Å². The zero-order valence-corrected chi connectivity index (χ0v) is 15.5. The SMILES string of the molecule is O=C(NCCSCc1ccccc1F)/C(=C/c1ccco1)c1ccccc1. The predicted molar refractivity (Wildman–Crippen MR) is 109 cm³/mol. The van der Waals surface area contributed by atoms with E-state index in [1.807, 2.05) is 36.4 Å². The minimum absolute atomic E-state index is 0.163. The van der Waals surface area contributed by atoms with Gasteiger partial charge in [0.05, 0.1) is 11.8 Å². The van der Waals surface area contributed by atoms with Crippen LogP contribution in [0.5, 0.6) is 0 Å². The van der Waals surface area contributed by atoms with Crippen LogP contribution in [0.1, 0.15) is 16.9 Å². The molecule has 3 nitrogen and oxygen atoms in total. The topological polar surface area (TPSA) is 42.2 Å². The molecule has 0 aliphatic rings. The van der Waals surface area contributed by atoms with Gasteiger partial charge in [0.2, 0.25) is 0 Å². The fourth-order valence-electron chi connectivity index (χ4n) is 2.54. The van der Waals surface area contributed by atoms with E-state index < -0.39 is 0 Å². The van der Waals surface area contributed by atoms with Gasteiger partial charge in [-0.3, -0.25) is 4.79 Å². The smallest absolute Gasteiger partial charge is 0.252 e. The van der Waals surface area contributed by atoms with Crippen molar-refractivity contribution in [2.45, 2.75) is 5.75 Å². The van der Waals surface area contributed by atoms with Gasteiger partial charge in [-0.1, -0.05) is 48.5 Å². The molecule has 0 atom stereocenters. The van der Waals surface area contributed by atoms with Crippen molar-refractivity contribution in [2.24, 2.45) is 0 Å². The highest BCUT2D eigenvalue weighted by molar-refractivity contribution is 7.98. The fraction of sp³-hybridized carbons (Fsp3) is 0.136. The molecule has 3 aromatic rings. The lowest BCUT2D eigenvalue weighted by molar-refractivity contribution is -0.115. The van der Waals surface area contributed by atoms with Crippen molar-refractivity contribution in [3.8, 4) is 0 Å². The van der Waals surface area contributed by atoms with Crippen LogP contribution in [0.3, 0.4) is 0 Å². The number of benzene rings is 2. The van der Waals surface area contributed by atoms with Crippen LogP contribution in [0.2, 0.25) is 0 Å². The molecular formula is C22H20FNO2S. The summed E-state index contributed by atoms with van der Waals surface area (Å²) in [6.07, 6.45) is 3.31. The summed E-state index contributed by atoms with van der Waals surface area (Å²) in [6.45, 7) is 0.500. The summed E-state index contributed by atoms with van der Waals surface area (Å²) in [4.78, 5) is 12.7. The van der Waals surface area contributed by atoms with E-state index in [1.54, 1.807) is 48.4 Å². The molecule has 2 aromatic carbocycles. The maximum Gasteiger partial charge on any atom is 0.252 e. The number of furan rings is 1. The number of halogens is 1. The van der Waals surface area contributed by atoms with Crippen molar-refractivity contribution in [2.75, 3.05) is 12.3 Å². The molecule has 1 N–H and O–H groups in total. The van der Waals surface area contributed by atoms with E-state index in [9.17, 15) is 9.18 Å². The molecule has 3 rings (SSSR count). The van der Waals surface area contributed by atoms with Gasteiger partial charge in [-0.25, -0.2) is 4.39 Å². The Morgan fingerprint density at radius 1 is 1.04 bits per heavy atom. The van der Waals surface area contributed by atoms with Gasteiger partial charge in [0.25, 0.3) is 5.91 Å². The monoisotopic (exact) mass is 381 g/mol. The summed E-state index contributed by atoms with van der Waals surface area (Å²) >= 11 is 1.58. The molecule has 0 bridgehead atoms. The number of thioether (sulfide) groups is 1. The largest absolute Gasteiger partial charge is 0.465 e. The average Bonchev–Trinajstić information content (AvgIpc) is 3.21. The maximum atomic E-state index is 13.6. The van der Waals surface area contributed by atoms with E-state index in [0.29, 0.717) is 34.9 Å². The van der Waals surface area contributed by atoms with E-state index in [2.05, 4.69) is 5.32 Å². The van der Waals surface area contributed by atoms with Crippen LogP contribution in [-0.4, -0.2) is 18.2 Å². The molecule has 1 amide bonds. The van der Waals surface area contributed by atoms with Gasteiger partial charge in [0.1, 0.15) is 11.6 Å². The first-order chi connectivity index (χ1) is 13.2. The number of carbonyl (C=O) groups excluding carboxylic acids is 1. The minimum atomic E-state index is -0.193. The second kappa shape index (κ2) is 9.78. The normalized spacial score (nSPS) is 11.4. The quantitative estimate of drug-likeness (QED) is 0.441. The molecule has 0 unspecified atom stereocenters. The van der Waals surface area contributed by atoms with Crippen molar-refractivity contribution in [3.63, 3.8) is 0 Å². The van der Waals surface area contributed by atoms with Crippen LogP contribution in [0.15, 0.2) is 77.4 Å². The molecule has 0 radical (unpaired) electrons. The molecule has 0 saturated carbocycles. The number of hydrogen-bond acceptors (Lipinski definition) is 3. The van der Waals surface area contributed by atoms with Gasteiger partial charge >= 0.3 is 0 Å². The molecule has 138 valence electrons. The lowest BCUT2D eigenvalue weighted by atomic mass is 10.0. The standard InChI is InChI=1S/C22H20FNO2S/c23-21-11-5-4-9-18(21)16-27-14-12-24-22(25)20(15-19-10-6-13-26-19)17-7-2-1-3-8-17/h1-11,13,15H,12,14,16H2,(H,24,25)/b20-15+. The minimum Gasteiger partial charge on any atom is -0.465 e. The van der Waals surface area contributed by atoms with Gasteiger partial charge in [0.15, 0.2) is 0 Å². The number of hydrogen-bond donors (Lipinski definition) is 1. The van der Waals surface area contributed by atoms with E-state index >= 15 is 0 Å². The number of nitrogens with one attached hydrogen (secondary N) is 1. The molecule has 0 fully saturated rings. The van der Waals surface area contributed by atoms with E-state index in [0.717, 1.165) is 5.56 Å². The number of amides is 1. The van der Waals surface area contributed by atoms with Gasteiger partial charge in [-0.2, -0.15) is 11.8 Å². The average molecular weight is 381 g/mol. The first-order valence-corrected chi connectivity index (χ1v) is 9.79.